The zero-order valence-electron chi connectivity index (χ0n) is 9.35. The molecule has 76 valence electrons. The molecule has 0 unspecified atom stereocenters. The van der Waals surface area contributed by atoms with Crippen molar-refractivity contribution < 1.29 is 0 Å². The van der Waals surface area contributed by atoms with Gasteiger partial charge in [-0.25, -0.2) is 0 Å². The molecule has 1 aliphatic rings. The number of amidine groups is 1. The third-order valence-electron chi connectivity index (χ3n) is 3.39. The van der Waals surface area contributed by atoms with Gasteiger partial charge in [0, 0.05) is 13.1 Å². The first-order valence-corrected chi connectivity index (χ1v) is 5.20. The molecule has 0 aliphatic heterocycles. The van der Waals surface area contributed by atoms with Crippen molar-refractivity contribution in [1.82, 2.24) is 4.90 Å². The van der Waals surface area contributed by atoms with Gasteiger partial charge in [-0.1, -0.05) is 13.8 Å². The highest BCUT2D eigenvalue weighted by Crippen LogP contribution is 2.36. The summed E-state index contributed by atoms with van der Waals surface area (Å²) in [5.41, 5.74) is 0.535. The van der Waals surface area contributed by atoms with Crippen molar-refractivity contribution in [3.05, 3.63) is 0 Å². The summed E-state index contributed by atoms with van der Waals surface area (Å²) < 4.78 is 0. The van der Waals surface area contributed by atoms with Crippen LogP contribution in [0, 0.1) is 10.8 Å². The van der Waals surface area contributed by atoms with Crippen LogP contribution in [0.25, 0.3) is 0 Å². The van der Waals surface area contributed by atoms with Crippen LogP contribution in [0.4, 0.5) is 0 Å². The summed E-state index contributed by atoms with van der Waals surface area (Å²) in [4.78, 5) is 2.12. The van der Waals surface area contributed by atoms with Crippen LogP contribution in [-0.2, 0) is 0 Å². The molecule has 0 spiro atoms. The zero-order valence-corrected chi connectivity index (χ0v) is 9.35. The number of nitrogens with one attached hydrogen (secondary N) is 1. The average molecular weight is 182 g/mol. The van der Waals surface area contributed by atoms with Gasteiger partial charge < -0.3 is 4.90 Å². The van der Waals surface area contributed by atoms with E-state index in [4.69, 9.17) is 5.41 Å². The summed E-state index contributed by atoms with van der Waals surface area (Å²) in [5, 5.41) is 7.56. The first-order valence-electron chi connectivity index (χ1n) is 5.20. The normalized spacial score (nSPS) is 22.8. The molecule has 0 heterocycles. The van der Waals surface area contributed by atoms with Crippen molar-refractivity contribution in [2.45, 2.75) is 52.5 Å². The molecule has 2 heteroatoms. The summed E-state index contributed by atoms with van der Waals surface area (Å²) >= 11 is 0. The Labute approximate surface area is 81.8 Å². The SMILES string of the molecule is CC(=N)N(C)C1CCC(C)(C)CC1. The lowest BCUT2D eigenvalue weighted by Crippen LogP contribution is -2.39. The summed E-state index contributed by atoms with van der Waals surface area (Å²) in [7, 11) is 2.05. The van der Waals surface area contributed by atoms with Crippen molar-refractivity contribution >= 4 is 5.84 Å². The summed E-state index contributed by atoms with van der Waals surface area (Å²) in [5.74, 6) is 0.699. The van der Waals surface area contributed by atoms with Crippen LogP contribution in [-0.4, -0.2) is 23.8 Å². The number of nitrogens with zero attached hydrogens (tertiary/aromatic N) is 1. The van der Waals surface area contributed by atoms with Crippen LogP contribution >= 0.6 is 0 Å². The molecule has 0 aromatic rings. The fourth-order valence-corrected chi connectivity index (χ4v) is 2.05. The maximum atomic E-state index is 7.56. The number of hydrogen-bond acceptors (Lipinski definition) is 1. The Bertz CT molecular complexity index is 186. The largest absolute Gasteiger partial charge is 0.361 e. The highest BCUT2D eigenvalue weighted by atomic mass is 15.2. The second-order valence-electron chi connectivity index (χ2n) is 5.09. The maximum absolute atomic E-state index is 7.56. The summed E-state index contributed by atoms with van der Waals surface area (Å²) in [6.07, 6.45) is 5.10. The fraction of sp³-hybridized carbons (Fsp3) is 0.909. The Morgan fingerprint density at radius 3 is 2.15 bits per heavy atom. The van der Waals surface area contributed by atoms with Gasteiger partial charge in [-0.3, -0.25) is 5.41 Å². The Kier molecular flexibility index (Phi) is 2.99. The van der Waals surface area contributed by atoms with Gasteiger partial charge in [-0.05, 0) is 38.0 Å². The molecule has 1 fully saturated rings. The van der Waals surface area contributed by atoms with E-state index in [1.165, 1.54) is 25.7 Å². The molecule has 0 aromatic heterocycles. The Balaban J connectivity index is 2.45. The molecule has 2 nitrogen and oxygen atoms in total. The van der Waals surface area contributed by atoms with E-state index in [1.807, 2.05) is 14.0 Å². The third kappa shape index (κ3) is 2.71. The first-order chi connectivity index (χ1) is 5.92. The van der Waals surface area contributed by atoms with E-state index in [1.54, 1.807) is 0 Å². The lowest BCUT2D eigenvalue weighted by molar-refractivity contribution is 0.168. The van der Waals surface area contributed by atoms with Gasteiger partial charge in [0.05, 0.1) is 5.84 Å². The molecule has 1 rings (SSSR count). The van der Waals surface area contributed by atoms with Crippen molar-refractivity contribution in [2.75, 3.05) is 7.05 Å². The van der Waals surface area contributed by atoms with E-state index in [0.717, 1.165) is 0 Å². The number of hydrogen-bond donors (Lipinski definition) is 1. The molecule has 0 radical (unpaired) electrons. The molecule has 1 aliphatic carbocycles. The minimum atomic E-state index is 0.535. The average Bonchev–Trinajstić information content (AvgIpc) is 2.03. The lowest BCUT2D eigenvalue weighted by Gasteiger charge is -2.39. The molecule has 0 atom stereocenters. The van der Waals surface area contributed by atoms with Crippen molar-refractivity contribution in [3.8, 4) is 0 Å². The van der Waals surface area contributed by atoms with Crippen LogP contribution < -0.4 is 0 Å². The van der Waals surface area contributed by atoms with E-state index in [0.29, 0.717) is 17.3 Å². The van der Waals surface area contributed by atoms with Crippen LogP contribution in [0.1, 0.15) is 46.5 Å². The maximum Gasteiger partial charge on any atom is 0.0925 e. The molecule has 0 saturated heterocycles. The number of rotatable bonds is 1. The van der Waals surface area contributed by atoms with Gasteiger partial charge in [0.25, 0.3) is 0 Å². The Morgan fingerprint density at radius 2 is 1.77 bits per heavy atom. The van der Waals surface area contributed by atoms with Gasteiger partial charge in [-0.15, -0.1) is 0 Å². The highest BCUT2D eigenvalue weighted by Gasteiger charge is 2.28. The van der Waals surface area contributed by atoms with Gasteiger partial charge >= 0.3 is 0 Å². The highest BCUT2D eigenvalue weighted by molar-refractivity contribution is 5.76. The molecule has 1 N–H and O–H groups in total. The molecule has 1 saturated carbocycles. The van der Waals surface area contributed by atoms with E-state index >= 15 is 0 Å². The van der Waals surface area contributed by atoms with Crippen LogP contribution in [0.15, 0.2) is 0 Å². The fourth-order valence-electron chi connectivity index (χ4n) is 2.05. The monoisotopic (exact) mass is 182 g/mol. The van der Waals surface area contributed by atoms with Crippen LogP contribution in [0.2, 0.25) is 0 Å². The van der Waals surface area contributed by atoms with Gasteiger partial charge in [-0.2, -0.15) is 0 Å². The molecule has 0 amide bonds. The van der Waals surface area contributed by atoms with E-state index in [2.05, 4.69) is 18.7 Å². The van der Waals surface area contributed by atoms with E-state index in [9.17, 15) is 0 Å². The standard InChI is InChI=1S/C11H22N2/c1-9(12)13(4)10-5-7-11(2,3)8-6-10/h10,12H,5-8H2,1-4H3. The predicted octanol–water partition coefficient (Wildman–Crippen LogP) is 2.88. The van der Waals surface area contributed by atoms with Gasteiger partial charge in [0.15, 0.2) is 0 Å². The van der Waals surface area contributed by atoms with Crippen molar-refractivity contribution in [1.29, 1.82) is 5.41 Å². The van der Waals surface area contributed by atoms with Gasteiger partial charge in [0.1, 0.15) is 0 Å². The van der Waals surface area contributed by atoms with Crippen molar-refractivity contribution in [3.63, 3.8) is 0 Å². The molecular formula is C11H22N2. The second kappa shape index (κ2) is 3.69. The van der Waals surface area contributed by atoms with Crippen LogP contribution in [0.5, 0.6) is 0 Å². The lowest BCUT2D eigenvalue weighted by atomic mass is 9.75. The van der Waals surface area contributed by atoms with E-state index in [-0.39, 0.29) is 0 Å². The Morgan fingerprint density at radius 1 is 1.31 bits per heavy atom. The Hall–Kier alpha value is -0.530. The summed E-state index contributed by atoms with van der Waals surface area (Å²) in [6, 6.07) is 0.616. The minimum Gasteiger partial charge on any atom is -0.361 e. The molecular weight excluding hydrogens is 160 g/mol. The zero-order chi connectivity index (χ0) is 10.1. The predicted molar refractivity (Wildman–Crippen MR) is 57.2 cm³/mol. The quantitative estimate of drug-likeness (QED) is 0.490. The van der Waals surface area contributed by atoms with Crippen LogP contribution in [0.3, 0.4) is 0 Å². The molecule has 0 bridgehead atoms. The second-order valence-corrected chi connectivity index (χ2v) is 5.09. The topological polar surface area (TPSA) is 27.1 Å². The third-order valence-corrected chi connectivity index (χ3v) is 3.39. The molecule has 0 aromatic carbocycles. The molecule has 13 heavy (non-hydrogen) atoms. The van der Waals surface area contributed by atoms with Gasteiger partial charge in [0.2, 0.25) is 0 Å². The summed E-state index contributed by atoms with van der Waals surface area (Å²) in [6.45, 7) is 6.57. The van der Waals surface area contributed by atoms with Crippen molar-refractivity contribution in [2.24, 2.45) is 5.41 Å². The smallest absolute Gasteiger partial charge is 0.0925 e. The van der Waals surface area contributed by atoms with E-state index < -0.39 is 0 Å². The first kappa shape index (κ1) is 10.6. The minimum absolute atomic E-state index is 0.535.